The van der Waals surface area contributed by atoms with Crippen molar-refractivity contribution in [1.82, 2.24) is 20.2 Å². The van der Waals surface area contributed by atoms with Gasteiger partial charge in [-0.3, -0.25) is 0 Å². The Bertz CT molecular complexity index is 950. The van der Waals surface area contributed by atoms with Gasteiger partial charge >= 0.3 is 0 Å². The lowest BCUT2D eigenvalue weighted by Gasteiger charge is -2.08. The van der Waals surface area contributed by atoms with Gasteiger partial charge in [0.15, 0.2) is 0 Å². The highest BCUT2D eigenvalue weighted by Crippen LogP contribution is 2.28. The fourth-order valence-electron chi connectivity index (χ4n) is 2.30. The summed E-state index contributed by atoms with van der Waals surface area (Å²) in [4.78, 5) is 8.50. The molecule has 0 fully saturated rings. The predicted octanol–water partition coefficient (Wildman–Crippen LogP) is 3.78. The van der Waals surface area contributed by atoms with E-state index in [1.54, 1.807) is 0 Å². The third-order valence-electron chi connectivity index (χ3n) is 3.43. The minimum Gasteiger partial charge on any atom is -0.438 e. The van der Waals surface area contributed by atoms with Gasteiger partial charge in [-0.25, -0.2) is 9.97 Å². The molecule has 0 amide bonds. The molecule has 4 aromatic rings. The fraction of sp³-hybridized carbons (Fsp3) is 0.0588. The molecule has 2 heterocycles. The molecule has 0 spiro atoms. The number of hydrogen-bond donors (Lipinski definition) is 0. The minimum absolute atomic E-state index is 0.472. The quantitative estimate of drug-likeness (QED) is 0.573. The molecule has 2 aromatic carbocycles. The van der Waals surface area contributed by atoms with E-state index >= 15 is 0 Å². The Hall–Kier alpha value is -3.28. The van der Waals surface area contributed by atoms with Gasteiger partial charge in [0.25, 0.3) is 0 Å². The Morgan fingerprint density at radius 2 is 1.87 bits per heavy atom. The Balaban J connectivity index is 1.67. The smallest absolute Gasteiger partial charge is 0.247 e. The van der Waals surface area contributed by atoms with E-state index in [1.165, 1.54) is 12.7 Å². The van der Waals surface area contributed by atoms with Crippen LogP contribution in [0.4, 0.5) is 0 Å². The van der Waals surface area contributed by atoms with E-state index in [1.807, 2.05) is 49.4 Å². The summed E-state index contributed by atoms with van der Waals surface area (Å²) in [6.07, 6.45) is 2.80. The number of nitrogens with zero attached hydrogens (tertiary/aromatic N) is 4. The summed E-state index contributed by atoms with van der Waals surface area (Å²) < 4.78 is 11.1. The highest BCUT2D eigenvalue weighted by Gasteiger charge is 2.08. The summed E-state index contributed by atoms with van der Waals surface area (Å²) in [5.41, 5.74) is 2.81. The van der Waals surface area contributed by atoms with E-state index in [2.05, 4.69) is 20.2 Å². The van der Waals surface area contributed by atoms with Crippen molar-refractivity contribution in [3.63, 3.8) is 0 Å². The second kappa shape index (κ2) is 5.49. The highest BCUT2D eigenvalue weighted by atomic mass is 16.5. The van der Waals surface area contributed by atoms with Crippen LogP contribution < -0.4 is 4.74 Å². The monoisotopic (exact) mass is 304 g/mol. The molecule has 6 nitrogen and oxygen atoms in total. The number of fused-ring (bicyclic) bond motifs is 1. The number of aromatic nitrogens is 4. The van der Waals surface area contributed by atoms with Gasteiger partial charge in [-0.2, -0.15) is 0 Å². The molecule has 0 unspecified atom stereocenters. The lowest BCUT2D eigenvalue weighted by Crippen LogP contribution is -1.92. The predicted molar refractivity (Wildman–Crippen MR) is 84.1 cm³/mol. The van der Waals surface area contributed by atoms with Gasteiger partial charge in [0.05, 0.1) is 10.9 Å². The first-order valence-corrected chi connectivity index (χ1v) is 7.05. The van der Waals surface area contributed by atoms with Crippen LogP contribution in [-0.2, 0) is 0 Å². The molecule has 0 atom stereocenters. The molecule has 0 bridgehead atoms. The van der Waals surface area contributed by atoms with E-state index in [-0.39, 0.29) is 0 Å². The van der Waals surface area contributed by atoms with Gasteiger partial charge in [-0.1, -0.05) is 11.6 Å². The second-order valence-corrected chi connectivity index (χ2v) is 5.07. The highest BCUT2D eigenvalue weighted by molar-refractivity contribution is 5.84. The molecule has 0 N–H and O–H groups in total. The SMILES string of the molecule is Cc1ccc2ncnc(Oc3ccc(-c4nnco4)cc3)c2c1. The maximum absolute atomic E-state index is 5.90. The van der Waals surface area contributed by atoms with Gasteiger partial charge in [0, 0.05) is 5.56 Å². The summed E-state index contributed by atoms with van der Waals surface area (Å²) in [7, 11) is 0. The number of ether oxygens (including phenoxy) is 1. The lowest BCUT2D eigenvalue weighted by atomic mass is 10.1. The third-order valence-corrected chi connectivity index (χ3v) is 3.43. The van der Waals surface area contributed by atoms with Gasteiger partial charge in [0.1, 0.15) is 12.1 Å². The zero-order valence-electron chi connectivity index (χ0n) is 12.3. The van der Waals surface area contributed by atoms with E-state index < -0.39 is 0 Å². The van der Waals surface area contributed by atoms with Gasteiger partial charge in [-0.15, -0.1) is 10.2 Å². The molecule has 4 rings (SSSR count). The molecular formula is C17H12N4O2. The molecule has 112 valence electrons. The molecular weight excluding hydrogens is 292 g/mol. The molecule has 2 aromatic heterocycles. The standard InChI is InChI=1S/C17H12N4O2/c1-11-2-7-15-14(8-11)17(19-9-18-15)23-13-5-3-12(4-6-13)16-21-20-10-22-16/h2-10H,1H3. The van der Waals surface area contributed by atoms with Gasteiger partial charge in [-0.05, 0) is 43.3 Å². The number of rotatable bonds is 3. The molecule has 0 radical (unpaired) electrons. The Morgan fingerprint density at radius 1 is 1.00 bits per heavy atom. The van der Waals surface area contributed by atoms with E-state index in [0.717, 1.165) is 22.0 Å². The molecule has 0 aliphatic heterocycles. The van der Waals surface area contributed by atoms with Crippen LogP contribution in [-0.4, -0.2) is 20.2 Å². The first-order chi connectivity index (χ1) is 11.3. The van der Waals surface area contributed by atoms with Crippen LogP contribution in [0.3, 0.4) is 0 Å². The summed E-state index contributed by atoms with van der Waals surface area (Å²) >= 11 is 0. The second-order valence-electron chi connectivity index (χ2n) is 5.07. The van der Waals surface area contributed by atoms with Crippen molar-refractivity contribution >= 4 is 10.9 Å². The molecule has 0 aliphatic rings. The van der Waals surface area contributed by atoms with E-state index in [0.29, 0.717) is 17.5 Å². The summed E-state index contributed by atoms with van der Waals surface area (Å²) in [5.74, 6) is 1.68. The first kappa shape index (κ1) is 13.4. The average molecular weight is 304 g/mol. The van der Waals surface area contributed by atoms with Crippen LogP contribution >= 0.6 is 0 Å². The van der Waals surface area contributed by atoms with Crippen molar-refractivity contribution in [3.05, 3.63) is 60.7 Å². The van der Waals surface area contributed by atoms with Crippen molar-refractivity contribution in [2.75, 3.05) is 0 Å². The summed E-state index contributed by atoms with van der Waals surface area (Å²) in [5, 5.41) is 8.42. The summed E-state index contributed by atoms with van der Waals surface area (Å²) in [6, 6.07) is 13.4. The molecule has 0 saturated heterocycles. The normalized spacial score (nSPS) is 10.8. The number of aryl methyl sites for hydroxylation is 1. The maximum atomic E-state index is 5.90. The van der Waals surface area contributed by atoms with Gasteiger partial charge < -0.3 is 9.15 Å². The topological polar surface area (TPSA) is 73.9 Å². The number of benzene rings is 2. The van der Waals surface area contributed by atoms with Crippen LogP contribution in [0, 0.1) is 6.92 Å². The maximum Gasteiger partial charge on any atom is 0.247 e. The molecule has 6 heteroatoms. The van der Waals surface area contributed by atoms with Crippen LogP contribution in [0.1, 0.15) is 5.56 Å². The zero-order chi connectivity index (χ0) is 15.6. The summed E-state index contributed by atoms with van der Waals surface area (Å²) in [6.45, 7) is 2.02. The number of hydrogen-bond acceptors (Lipinski definition) is 6. The van der Waals surface area contributed by atoms with Crippen LogP contribution in [0.15, 0.2) is 59.6 Å². The molecule has 0 aliphatic carbocycles. The van der Waals surface area contributed by atoms with Crippen molar-refractivity contribution in [2.24, 2.45) is 0 Å². The Morgan fingerprint density at radius 3 is 2.65 bits per heavy atom. The van der Waals surface area contributed by atoms with Crippen molar-refractivity contribution in [2.45, 2.75) is 6.92 Å². The van der Waals surface area contributed by atoms with Gasteiger partial charge in [0.2, 0.25) is 18.2 Å². The van der Waals surface area contributed by atoms with Crippen LogP contribution in [0.25, 0.3) is 22.4 Å². The first-order valence-electron chi connectivity index (χ1n) is 7.05. The van der Waals surface area contributed by atoms with Crippen LogP contribution in [0.5, 0.6) is 11.6 Å². The van der Waals surface area contributed by atoms with Crippen molar-refractivity contribution in [1.29, 1.82) is 0 Å². The van der Waals surface area contributed by atoms with Crippen molar-refractivity contribution in [3.8, 4) is 23.1 Å². The zero-order valence-corrected chi connectivity index (χ0v) is 12.3. The average Bonchev–Trinajstić information content (AvgIpc) is 3.11. The van der Waals surface area contributed by atoms with Crippen LogP contribution in [0.2, 0.25) is 0 Å². The van der Waals surface area contributed by atoms with E-state index in [9.17, 15) is 0 Å². The Kier molecular flexibility index (Phi) is 3.20. The molecule has 23 heavy (non-hydrogen) atoms. The third kappa shape index (κ3) is 2.62. The fourth-order valence-corrected chi connectivity index (χ4v) is 2.30. The lowest BCUT2D eigenvalue weighted by molar-refractivity contribution is 0.468. The largest absolute Gasteiger partial charge is 0.438 e. The minimum atomic E-state index is 0.472. The van der Waals surface area contributed by atoms with E-state index in [4.69, 9.17) is 9.15 Å². The Labute approximate surface area is 131 Å². The molecule has 0 saturated carbocycles. The van der Waals surface area contributed by atoms with Crippen molar-refractivity contribution < 1.29 is 9.15 Å².